The number of nitrogens with two attached hydrogens (primary N) is 1. The summed E-state index contributed by atoms with van der Waals surface area (Å²) < 4.78 is 12.8. The maximum absolute atomic E-state index is 12.8. The zero-order valence-corrected chi connectivity index (χ0v) is 11.6. The lowest BCUT2D eigenvalue weighted by atomic mass is 10.1. The quantitative estimate of drug-likeness (QED) is 0.726. The van der Waals surface area contributed by atoms with Crippen molar-refractivity contribution in [2.45, 2.75) is 18.1 Å². The number of thioether (sulfide) groups is 1. The van der Waals surface area contributed by atoms with Gasteiger partial charge in [0.25, 0.3) is 0 Å². The predicted molar refractivity (Wildman–Crippen MR) is 74.5 cm³/mol. The van der Waals surface area contributed by atoms with E-state index in [9.17, 15) is 9.18 Å². The van der Waals surface area contributed by atoms with Crippen molar-refractivity contribution in [3.8, 4) is 0 Å². The largest absolute Gasteiger partial charge is 0.368 e. The Morgan fingerprint density at radius 2 is 2.20 bits per heavy atom. The fourth-order valence-corrected chi connectivity index (χ4v) is 2.19. The van der Waals surface area contributed by atoms with Crippen LogP contribution in [0.4, 0.5) is 10.3 Å². The standard InChI is InChI=1S/C12H14FN5OS/c1-7(8-2-4-9(13)5-3-8)15-10(19)6-20-12-16-11(14)17-18-12/h2-5,7H,6H2,1H3,(H,15,19)(H3,14,16,17,18). The Morgan fingerprint density at radius 1 is 1.50 bits per heavy atom. The van der Waals surface area contributed by atoms with E-state index in [-0.39, 0.29) is 29.5 Å². The normalized spacial score (nSPS) is 12.1. The van der Waals surface area contributed by atoms with Crippen molar-refractivity contribution in [1.82, 2.24) is 20.5 Å². The summed E-state index contributed by atoms with van der Waals surface area (Å²) in [6, 6.07) is 5.82. The first kappa shape index (κ1) is 14.3. The second-order valence-electron chi connectivity index (χ2n) is 4.13. The number of anilines is 1. The van der Waals surface area contributed by atoms with Gasteiger partial charge in [0.2, 0.25) is 17.0 Å². The number of carbonyl (C=O) groups excluding carboxylic acids is 1. The summed E-state index contributed by atoms with van der Waals surface area (Å²) in [5, 5.41) is 9.54. The van der Waals surface area contributed by atoms with Crippen LogP contribution in [0, 0.1) is 5.82 Å². The molecule has 8 heteroatoms. The molecule has 0 aliphatic rings. The third kappa shape index (κ3) is 3.95. The second kappa shape index (κ2) is 6.38. The molecule has 20 heavy (non-hydrogen) atoms. The van der Waals surface area contributed by atoms with Crippen LogP contribution >= 0.6 is 11.8 Å². The van der Waals surface area contributed by atoms with Crippen molar-refractivity contribution >= 4 is 23.6 Å². The minimum Gasteiger partial charge on any atom is -0.368 e. The summed E-state index contributed by atoms with van der Waals surface area (Å²) in [7, 11) is 0. The number of nitrogen functional groups attached to an aromatic ring is 1. The van der Waals surface area contributed by atoms with E-state index in [4.69, 9.17) is 5.73 Å². The fraction of sp³-hybridized carbons (Fsp3) is 0.250. The summed E-state index contributed by atoms with van der Waals surface area (Å²) in [5.41, 5.74) is 6.22. The van der Waals surface area contributed by atoms with Crippen LogP contribution in [0.1, 0.15) is 18.5 Å². The molecule has 1 unspecified atom stereocenters. The minimum atomic E-state index is -0.301. The Bertz CT molecular complexity index is 586. The van der Waals surface area contributed by atoms with E-state index in [2.05, 4.69) is 20.5 Å². The van der Waals surface area contributed by atoms with E-state index in [1.54, 1.807) is 12.1 Å². The highest BCUT2D eigenvalue weighted by Crippen LogP contribution is 2.15. The number of rotatable bonds is 5. The van der Waals surface area contributed by atoms with E-state index >= 15 is 0 Å². The number of halogens is 1. The van der Waals surface area contributed by atoms with Gasteiger partial charge in [0, 0.05) is 0 Å². The van der Waals surface area contributed by atoms with E-state index < -0.39 is 0 Å². The summed E-state index contributed by atoms with van der Waals surface area (Å²) in [6.45, 7) is 1.83. The Kier molecular flexibility index (Phi) is 4.57. The van der Waals surface area contributed by atoms with Crippen molar-refractivity contribution in [2.75, 3.05) is 11.5 Å². The number of hydrogen-bond acceptors (Lipinski definition) is 5. The molecule has 2 rings (SSSR count). The van der Waals surface area contributed by atoms with Crippen LogP contribution in [-0.2, 0) is 4.79 Å². The topological polar surface area (TPSA) is 96.7 Å². The average molecular weight is 295 g/mol. The van der Waals surface area contributed by atoms with E-state index in [0.717, 1.165) is 5.56 Å². The number of nitrogens with zero attached hydrogens (tertiary/aromatic N) is 2. The van der Waals surface area contributed by atoms with Crippen LogP contribution in [0.15, 0.2) is 29.4 Å². The fourth-order valence-electron chi connectivity index (χ4n) is 1.57. The molecule has 2 aromatic rings. The monoisotopic (exact) mass is 295 g/mol. The molecular formula is C12H14FN5OS. The number of H-pyrrole nitrogens is 1. The molecule has 0 radical (unpaired) electrons. The molecule has 0 fully saturated rings. The number of nitrogens with one attached hydrogen (secondary N) is 2. The highest BCUT2D eigenvalue weighted by atomic mass is 32.2. The first-order valence-corrected chi connectivity index (χ1v) is 6.88. The molecular weight excluding hydrogens is 281 g/mol. The molecule has 1 amide bonds. The summed E-state index contributed by atoms with van der Waals surface area (Å²) >= 11 is 1.18. The van der Waals surface area contributed by atoms with Gasteiger partial charge in [-0.05, 0) is 24.6 Å². The smallest absolute Gasteiger partial charge is 0.230 e. The predicted octanol–water partition coefficient (Wildman–Crippen LogP) is 1.50. The van der Waals surface area contributed by atoms with Crippen LogP contribution in [-0.4, -0.2) is 26.8 Å². The van der Waals surface area contributed by atoms with Crippen LogP contribution in [0.5, 0.6) is 0 Å². The van der Waals surface area contributed by atoms with Crippen LogP contribution in [0.3, 0.4) is 0 Å². The molecule has 6 nitrogen and oxygen atoms in total. The van der Waals surface area contributed by atoms with Gasteiger partial charge in [-0.2, -0.15) is 4.98 Å². The van der Waals surface area contributed by atoms with Gasteiger partial charge in [-0.1, -0.05) is 23.9 Å². The van der Waals surface area contributed by atoms with Crippen molar-refractivity contribution in [2.24, 2.45) is 0 Å². The Balaban J connectivity index is 1.83. The lowest BCUT2D eigenvalue weighted by molar-refractivity contribution is -0.119. The maximum atomic E-state index is 12.8. The van der Waals surface area contributed by atoms with Crippen molar-refractivity contribution in [3.63, 3.8) is 0 Å². The molecule has 1 heterocycles. The molecule has 106 valence electrons. The highest BCUT2D eigenvalue weighted by molar-refractivity contribution is 7.99. The summed E-state index contributed by atoms with van der Waals surface area (Å²) in [6.07, 6.45) is 0. The number of hydrogen-bond donors (Lipinski definition) is 3. The average Bonchev–Trinajstić information content (AvgIpc) is 2.83. The molecule has 0 aliphatic heterocycles. The number of aromatic amines is 1. The number of carbonyl (C=O) groups is 1. The third-order valence-corrected chi connectivity index (χ3v) is 3.41. The molecule has 1 aromatic heterocycles. The van der Waals surface area contributed by atoms with Crippen molar-refractivity contribution in [1.29, 1.82) is 0 Å². The van der Waals surface area contributed by atoms with Gasteiger partial charge in [-0.25, -0.2) is 9.49 Å². The molecule has 0 bridgehead atoms. The highest BCUT2D eigenvalue weighted by Gasteiger charge is 2.11. The molecule has 1 atom stereocenters. The second-order valence-corrected chi connectivity index (χ2v) is 5.08. The third-order valence-electron chi connectivity index (χ3n) is 2.56. The molecule has 0 spiro atoms. The summed E-state index contributed by atoms with van der Waals surface area (Å²) in [5.74, 6) is -0.0594. The zero-order valence-electron chi connectivity index (χ0n) is 10.8. The van der Waals surface area contributed by atoms with Gasteiger partial charge < -0.3 is 11.1 Å². The SMILES string of the molecule is CC(NC(=O)CSc1n[nH]c(N)n1)c1ccc(F)cc1. The first-order valence-electron chi connectivity index (χ1n) is 5.90. The van der Waals surface area contributed by atoms with E-state index in [1.807, 2.05) is 6.92 Å². The lowest BCUT2D eigenvalue weighted by Crippen LogP contribution is -2.28. The van der Waals surface area contributed by atoms with Gasteiger partial charge in [-0.15, -0.1) is 5.10 Å². The molecule has 1 aromatic carbocycles. The minimum absolute atomic E-state index is 0.157. The summed E-state index contributed by atoms with van der Waals surface area (Å²) in [4.78, 5) is 15.7. The van der Waals surface area contributed by atoms with Crippen LogP contribution in [0.25, 0.3) is 0 Å². The van der Waals surface area contributed by atoms with Crippen LogP contribution < -0.4 is 11.1 Å². The Morgan fingerprint density at radius 3 is 2.80 bits per heavy atom. The zero-order chi connectivity index (χ0) is 14.5. The first-order chi connectivity index (χ1) is 9.54. The lowest BCUT2D eigenvalue weighted by Gasteiger charge is -2.13. The molecule has 0 saturated carbocycles. The molecule has 0 aliphatic carbocycles. The van der Waals surface area contributed by atoms with E-state index in [0.29, 0.717) is 5.16 Å². The van der Waals surface area contributed by atoms with Crippen molar-refractivity contribution in [3.05, 3.63) is 35.6 Å². The van der Waals surface area contributed by atoms with Gasteiger partial charge in [-0.3, -0.25) is 4.79 Å². The number of benzene rings is 1. The van der Waals surface area contributed by atoms with Gasteiger partial charge in [0.05, 0.1) is 11.8 Å². The molecule has 0 saturated heterocycles. The Hall–Kier alpha value is -2.09. The van der Waals surface area contributed by atoms with Gasteiger partial charge in [0.1, 0.15) is 5.82 Å². The molecule has 4 N–H and O–H groups in total. The van der Waals surface area contributed by atoms with Gasteiger partial charge in [0.15, 0.2) is 0 Å². The van der Waals surface area contributed by atoms with Crippen molar-refractivity contribution < 1.29 is 9.18 Å². The number of aromatic nitrogens is 3. The van der Waals surface area contributed by atoms with E-state index in [1.165, 1.54) is 23.9 Å². The Labute approximate surface area is 119 Å². The maximum Gasteiger partial charge on any atom is 0.230 e. The van der Waals surface area contributed by atoms with Gasteiger partial charge >= 0.3 is 0 Å². The van der Waals surface area contributed by atoms with Crippen LogP contribution in [0.2, 0.25) is 0 Å². The number of amides is 1.